The highest BCUT2D eigenvalue weighted by Gasteiger charge is 2.37. The molecule has 9 nitrogen and oxygen atoms in total. The number of benzene rings is 1. The number of halogens is 1. The number of carbonyl (C=O) groups excluding carboxylic acids is 2. The molecule has 10 heteroatoms. The van der Waals surface area contributed by atoms with Gasteiger partial charge in [0.1, 0.15) is 17.6 Å². The Labute approximate surface area is 206 Å². The SMILES string of the molecule is Cc1cc(N)nc(C)c1CNC(=O)C1=NN(Cc2ccc3ncc(Cl)cc3c2)C2C=CC(=O)N=C12. The van der Waals surface area contributed by atoms with E-state index in [1.54, 1.807) is 23.3 Å². The number of carbonyl (C=O) groups is 2. The van der Waals surface area contributed by atoms with E-state index in [1.165, 1.54) is 6.08 Å². The lowest BCUT2D eigenvalue weighted by Crippen LogP contribution is -2.39. The average Bonchev–Trinajstić information content (AvgIpc) is 3.15. The van der Waals surface area contributed by atoms with Gasteiger partial charge in [0, 0.05) is 29.9 Å². The average molecular weight is 488 g/mol. The van der Waals surface area contributed by atoms with Gasteiger partial charge in [0.05, 0.1) is 17.1 Å². The molecule has 1 unspecified atom stereocenters. The van der Waals surface area contributed by atoms with E-state index in [2.05, 4.69) is 25.4 Å². The lowest BCUT2D eigenvalue weighted by molar-refractivity contribution is -0.115. The van der Waals surface area contributed by atoms with Crippen LogP contribution in [0.4, 0.5) is 5.82 Å². The van der Waals surface area contributed by atoms with Gasteiger partial charge in [0.25, 0.3) is 11.8 Å². The van der Waals surface area contributed by atoms with E-state index < -0.39 is 17.9 Å². The maximum Gasteiger partial charge on any atom is 0.273 e. The summed E-state index contributed by atoms with van der Waals surface area (Å²) >= 11 is 6.10. The van der Waals surface area contributed by atoms with Gasteiger partial charge in [-0.3, -0.25) is 19.6 Å². The minimum Gasteiger partial charge on any atom is -0.384 e. The molecule has 0 fully saturated rings. The summed E-state index contributed by atoms with van der Waals surface area (Å²) in [6.07, 6.45) is 4.72. The summed E-state index contributed by atoms with van der Waals surface area (Å²) in [5.74, 6) is -0.397. The van der Waals surface area contributed by atoms with E-state index in [-0.39, 0.29) is 12.3 Å². The Morgan fingerprint density at radius 3 is 2.86 bits per heavy atom. The van der Waals surface area contributed by atoms with E-state index in [1.807, 2.05) is 38.1 Å². The molecule has 176 valence electrons. The molecule has 3 N–H and O–H groups in total. The zero-order chi connectivity index (χ0) is 24.7. The first-order valence-electron chi connectivity index (χ1n) is 11.0. The van der Waals surface area contributed by atoms with Crippen LogP contribution in [0.15, 0.2) is 58.8 Å². The van der Waals surface area contributed by atoms with Gasteiger partial charge in [-0.25, -0.2) is 9.98 Å². The molecule has 0 saturated carbocycles. The molecule has 0 radical (unpaired) electrons. The summed E-state index contributed by atoms with van der Waals surface area (Å²) in [6.45, 7) is 4.42. The largest absolute Gasteiger partial charge is 0.384 e. The van der Waals surface area contributed by atoms with E-state index in [0.717, 1.165) is 33.3 Å². The first kappa shape index (κ1) is 22.7. The van der Waals surface area contributed by atoms with Gasteiger partial charge in [-0.05, 0) is 60.9 Å². The topological polar surface area (TPSA) is 126 Å². The Morgan fingerprint density at radius 2 is 2.06 bits per heavy atom. The number of aliphatic imine (C=N–C) groups is 1. The molecule has 0 bridgehead atoms. The number of hydrazone groups is 1. The number of anilines is 1. The standard InChI is InChI=1S/C25H22ClN7O2/c1-13-7-21(27)30-14(2)18(13)11-29-25(35)24-23-20(5-6-22(34)31-23)33(32-24)12-15-3-4-19-16(8-15)9-17(26)10-28-19/h3-10,20H,11-12H2,1-2H3,(H2,27,30)(H,29,35). The smallest absolute Gasteiger partial charge is 0.273 e. The van der Waals surface area contributed by atoms with Crippen molar-refractivity contribution < 1.29 is 9.59 Å². The van der Waals surface area contributed by atoms with Gasteiger partial charge in [0.15, 0.2) is 5.71 Å². The lowest BCUT2D eigenvalue weighted by atomic mass is 10.0. The molecule has 0 spiro atoms. The van der Waals surface area contributed by atoms with Crippen molar-refractivity contribution in [2.45, 2.75) is 33.0 Å². The van der Waals surface area contributed by atoms with Gasteiger partial charge in [0.2, 0.25) is 0 Å². The van der Waals surface area contributed by atoms with Crippen molar-refractivity contribution in [3.8, 4) is 0 Å². The van der Waals surface area contributed by atoms with Crippen LogP contribution in [0, 0.1) is 13.8 Å². The number of dihydropyridines is 1. The van der Waals surface area contributed by atoms with Crippen LogP contribution < -0.4 is 11.1 Å². The third-order valence-electron chi connectivity index (χ3n) is 6.00. The first-order valence-corrected chi connectivity index (χ1v) is 11.4. The number of aromatic nitrogens is 2. The first-order chi connectivity index (χ1) is 16.8. The van der Waals surface area contributed by atoms with Crippen molar-refractivity contribution in [1.82, 2.24) is 20.3 Å². The molecule has 5 rings (SSSR count). The van der Waals surface area contributed by atoms with Crippen LogP contribution in [0.2, 0.25) is 5.02 Å². The molecule has 3 aromatic rings. The van der Waals surface area contributed by atoms with Crippen molar-refractivity contribution >= 4 is 51.6 Å². The Bertz CT molecular complexity index is 1450. The summed E-state index contributed by atoms with van der Waals surface area (Å²) in [4.78, 5) is 37.8. The zero-order valence-corrected chi connectivity index (χ0v) is 19.9. The monoisotopic (exact) mass is 487 g/mol. The summed E-state index contributed by atoms with van der Waals surface area (Å²) in [5, 5.41) is 10.7. The number of hydrogen-bond donors (Lipinski definition) is 2. The molecular formula is C25H22ClN7O2. The Kier molecular flexibility index (Phi) is 5.78. The number of pyridine rings is 2. The predicted molar refractivity (Wildman–Crippen MR) is 135 cm³/mol. The van der Waals surface area contributed by atoms with E-state index >= 15 is 0 Å². The number of nitrogens with zero attached hydrogens (tertiary/aromatic N) is 5. The minimum atomic E-state index is -0.417. The molecule has 4 heterocycles. The highest BCUT2D eigenvalue weighted by molar-refractivity contribution is 6.69. The van der Waals surface area contributed by atoms with Crippen molar-refractivity contribution in [3.63, 3.8) is 0 Å². The van der Waals surface area contributed by atoms with Crippen LogP contribution in [0.25, 0.3) is 10.9 Å². The molecule has 35 heavy (non-hydrogen) atoms. The van der Waals surface area contributed by atoms with Gasteiger partial charge in [-0.15, -0.1) is 0 Å². The molecule has 0 aliphatic carbocycles. The second-order valence-electron chi connectivity index (χ2n) is 8.48. The molecule has 2 aromatic heterocycles. The normalized spacial score (nSPS) is 16.8. The summed E-state index contributed by atoms with van der Waals surface area (Å²) < 4.78 is 0. The molecule has 0 saturated heterocycles. The van der Waals surface area contributed by atoms with E-state index in [4.69, 9.17) is 17.3 Å². The van der Waals surface area contributed by atoms with Crippen molar-refractivity contribution in [3.05, 3.63) is 76.1 Å². The fourth-order valence-electron chi connectivity index (χ4n) is 4.30. The highest BCUT2D eigenvalue weighted by atomic mass is 35.5. The van der Waals surface area contributed by atoms with Crippen LogP contribution in [0.5, 0.6) is 0 Å². The Hall–Kier alpha value is -4.11. The third kappa shape index (κ3) is 4.50. The number of hydrogen-bond acceptors (Lipinski definition) is 7. The van der Waals surface area contributed by atoms with Gasteiger partial charge >= 0.3 is 0 Å². The summed E-state index contributed by atoms with van der Waals surface area (Å²) in [6, 6.07) is 9.04. The number of nitrogens with one attached hydrogen (secondary N) is 1. The van der Waals surface area contributed by atoms with Crippen molar-refractivity contribution in [2.24, 2.45) is 10.1 Å². The molecular weight excluding hydrogens is 466 g/mol. The van der Waals surface area contributed by atoms with Crippen LogP contribution in [-0.4, -0.2) is 44.3 Å². The minimum absolute atomic E-state index is 0.122. The fourth-order valence-corrected chi connectivity index (χ4v) is 4.47. The number of rotatable bonds is 5. The maximum atomic E-state index is 13.1. The zero-order valence-electron chi connectivity index (χ0n) is 19.1. The van der Waals surface area contributed by atoms with Crippen LogP contribution in [-0.2, 0) is 22.7 Å². The Balaban J connectivity index is 1.40. The molecule has 1 atom stereocenters. The number of amides is 2. The van der Waals surface area contributed by atoms with Gasteiger partial charge in [-0.1, -0.05) is 17.7 Å². The second-order valence-corrected chi connectivity index (χ2v) is 8.91. The fraction of sp³-hybridized carbons (Fsp3) is 0.200. The third-order valence-corrected chi connectivity index (χ3v) is 6.20. The molecule has 2 aliphatic heterocycles. The molecule has 2 aliphatic rings. The van der Waals surface area contributed by atoms with E-state index in [0.29, 0.717) is 23.1 Å². The molecule has 1 aromatic carbocycles. The van der Waals surface area contributed by atoms with Gasteiger partial charge in [-0.2, -0.15) is 5.10 Å². The van der Waals surface area contributed by atoms with E-state index in [9.17, 15) is 9.59 Å². The predicted octanol–water partition coefficient (Wildman–Crippen LogP) is 2.88. The number of nitrogen functional groups attached to an aromatic ring is 1. The maximum absolute atomic E-state index is 13.1. The number of nitrogens with two attached hydrogens (primary N) is 1. The van der Waals surface area contributed by atoms with Crippen molar-refractivity contribution in [1.29, 1.82) is 0 Å². The Morgan fingerprint density at radius 1 is 1.23 bits per heavy atom. The molecule has 2 amide bonds. The van der Waals surface area contributed by atoms with Crippen LogP contribution in [0.3, 0.4) is 0 Å². The van der Waals surface area contributed by atoms with Gasteiger partial charge < -0.3 is 11.1 Å². The van der Waals surface area contributed by atoms with Crippen molar-refractivity contribution in [2.75, 3.05) is 5.73 Å². The quantitative estimate of drug-likeness (QED) is 0.570. The highest BCUT2D eigenvalue weighted by Crippen LogP contribution is 2.24. The number of fused-ring (bicyclic) bond motifs is 2. The van der Waals surface area contributed by atoms with Crippen LogP contribution in [0.1, 0.15) is 22.4 Å². The number of aryl methyl sites for hydroxylation is 2. The lowest BCUT2D eigenvalue weighted by Gasteiger charge is -2.22. The second kappa shape index (κ2) is 8.92. The van der Waals surface area contributed by atoms with Crippen LogP contribution >= 0.6 is 11.6 Å². The summed E-state index contributed by atoms with van der Waals surface area (Å²) in [7, 11) is 0. The summed E-state index contributed by atoms with van der Waals surface area (Å²) in [5.41, 5.74) is 10.6.